The fourth-order valence-corrected chi connectivity index (χ4v) is 3.08. The van der Waals surface area contributed by atoms with Crippen LogP contribution in [0.1, 0.15) is 27.7 Å². The van der Waals surface area contributed by atoms with Crippen molar-refractivity contribution in [1.82, 2.24) is 5.32 Å². The number of carboxylic acid groups (broad SMARTS) is 2. The van der Waals surface area contributed by atoms with Gasteiger partial charge in [-0.15, -0.1) is 11.6 Å². The van der Waals surface area contributed by atoms with Crippen LogP contribution in [-0.2, 0) is 9.59 Å². The molecular formula is C16H26ClN3O4Se. The van der Waals surface area contributed by atoms with Crippen LogP contribution < -0.4 is 10.3 Å². The summed E-state index contributed by atoms with van der Waals surface area (Å²) in [6, 6.07) is 10.3. The fraction of sp³-hybridized carbons (Fsp3) is 0.438. The van der Waals surface area contributed by atoms with Gasteiger partial charge in [0.05, 0.1) is 0 Å². The first kappa shape index (κ1) is 25.6. The van der Waals surface area contributed by atoms with Crippen LogP contribution in [0.3, 0.4) is 0 Å². The molecule has 3 N–H and O–H groups in total. The van der Waals surface area contributed by atoms with E-state index in [4.69, 9.17) is 31.4 Å². The molecule has 0 amide bonds. The summed E-state index contributed by atoms with van der Waals surface area (Å²) in [5.74, 6) is -0.944. The molecule has 9 heteroatoms. The summed E-state index contributed by atoms with van der Waals surface area (Å²) < 4.78 is 0. The number of carboxylic acids is 2. The Labute approximate surface area is 160 Å². The summed E-state index contributed by atoms with van der Waals surface area (Å²) in [6.45, 7) is 7.16. The van der Waals surface area contributed by atoms with Gasteiger partial charge in [-0.1, -0.05) is 6.92 Å². The average Bonchev–Trinajstić information content (AvgIpc) is 2.96. The van der Waals surface area contributed by atoms with Crippen LogP contribution in [0.5, 0.6) is 0 Å². The molecule has 0 radical (unpaired) electrons. The third-order valence-corrected chi connectivity index (χ3v) is 3.75. The van der Waals surface area contributed by atoms with Gasteiger partial charge in [-0.25, -0.2) is 0 Å². The van der Waals surface area contributed by atoms with Crippen LogP contribution >= 0.6 is 11.6 Å². The van der Waals surface area contributed by atoms with Gasteiger partial charge in [0.2, 0.25) is 0 Å². The van der Waals surface area contributed by atoms with Gasteiger partial charge >= 0.3 is 90.0 Å². The second-order valence-corrected chi connectivity index (χ2v) is 6.74. The molecule has 0 aromatic heterocycles. The van der Waals surface area contributed by atoms with Gasteiger partial charge < -0.3 is 10.2 Å². The standard InChI is InChI=1S/C10H13N3Se.C2H5Cl.2C2H4O2/c1-2-11-10-13(12-8-14-10)9-6-4-3-5-7-9;1-2-3;2*1-2(3)4/h3-8,10-11H,2H2,1H3;2H2,1H3;2*1H3,(H,3,4). The molecule has 1 aromatic carbocycles. The molecule has 0 fully saturated rings. The molecule has 0 saturated heterocycles. The number of aliphatic carboxylic acids is 2. The van der Waals surface area contributed by atoms with Crippen molar-refractivity contribution in [1.29, 1.82) is 0 Å². The zero-order valence-electron chi connectivity index (χ0n) is 14.8. The topological polar surface area (TPSA) is 102 Å². The van der Waals surface area contributed by atoms with Crippen molar-refractivity contribution < 1.29 is 19.8 Å². The summed E-state index contributed by atoms with van der Waals surface area (Å²) in [5.41, 5.74) is 1.16. The molecule has 25 heavy (non-hydrogen) atoms. The number of hydrogen-bond donors (Lipinski definition) is 3. The zero-order chi connectivity index (χ0) is 19.7. The van der Waals surface area contributed by atoms with Gasteiger partial charge in [0.1, 0.15) is 0 Å². The number of rotatable bonds is 3. The maximum absolute atomic E-state index is 9.00. The van der Waals surface area contributed by atoms with E-state index in [1.54, 1.807) is 0 Å². The monoisotopic (exact) mass is 439 g/mol. The number of anilines is 1. The van der Waals surface area contributed by atoms with Gasteiger partial charge in [0, 0.05) is 19.7 Å². The number of carbonyl (C=O) groups is 2. The van der Waals surface area contributed by atoms with Crippen molar-refractivity contribution >= 4 is 49.3 Å². The first-order chi connectivity index (χ1) is 11.8. The van der Waals surface area contributed by atoms with Crippen LogP contribution in [-0.4, -0.2) is 59.7 Å². The molecule has 142 valence electrons. The Kier molecular flexibility index (Phi) is 17.7. The maximum atomic E-state index is 9.00. The second-order valence-electron chi connectivity index (χ2n) is 4.25. The van der Waals surface area contributed by atoms with Gasteiger partial charge in [-0.3, -0.25) is 9.59 Å². The summed E-state index contributed by atoms with van der Waals surface area (Å²) in [5, 5.41) is 27.1. The van der Waals surface area contributed by atoms with E-state index in [2.05, 4.69) is 34.5 Å². The van der Waals surface area contributed by atoms with E-state index in [-0.39, 0.29) is 0 Å². The fourth-order valence-electron chi connectivity index (χ4n) is 1.35. The van der Waals surface area contributed by atoms with Gasteiger partial charge in [0.25, 0.3) is 11.9 Å². The minimum absolute atomic E-state index is 0.384. The third-order valence-electron chi connectivity index (χ3n) is 1.98. The Morgan fingerprint density at radius 3 is 2.04 bits per heavy atom. The Bertz CT molecular complexity index is 483. The van der Waals surface area contributed by atoms with E-state index in [1.165, 1.54) is 0 Å². The summed E-state index contributed by atoms with van der Waals surface area (Å²) >= 11 is 5.43. The molecule has 1 unspecified atom stereocenters. The van der Waals surface area contributed by atoms with Crippen molar-refractivity contribution in [3.05, 3.63) is 30.3 Å². The summed E-state index contributed by atoms with van der Waals surface area (Å²) in [6.07, 6.45) is 0. The molecule has 0 aliphatic carbocycles. The molecule has 0 spiro atoms. The predicted octanol–water partition coefficient (Wildman–Crippen LogP) is 2.47. The number of alkyl halides is 1. The van der Waals surface area contributed by atoms with Crippen molar-refractivity contribution in [2.75, 3.05) is 17.4 Å². The van der Waals surface area contributed by atoms with E-state index >= 15 is 0 Å². The Hall–Kier alpha value is -1.60. The Morgan fingerprint density at radius 2 is 1.64 bits per heavy atom. The Balaban J connectivity index is 0. The number of hydrazone groups is 1. The van der Waals surface area contributed by atoms with Crippen LogP contribution in [0.2, 0.25) is 0 Å². The van der Waals surface area contributed by atoms with Gasteiger partial charge in [-0.05, 0) is 0 Å². The number of benzene rings is 1. The van der Waals surface area contributed by atoms with E-state index in [1.807, 2.05) is 30.2 Å². The molecule has 0 saturated carbocycles. The van der Waals surface area contributed by atoms with Crippen molar-refractivity contribution in [2.24, 2.45) is 5.10 Å². The molecule has 1 heterocycles. The normalized spacial score (nSPS) is 14.1. The first-order valence-corrected chi connectivity index (χ1v) is 10.0. The molecular weight excluding hydrogens is 413 g/mol. The third kappa shape index (κ3) is 17.0. The number of hydrogen-bond acceptors (Lipinski definition) is 5. The van der Waals surface area contributed by atoms with Gasteiger partial charge in [0.15, 0.2) is 0 Å². The molecule has 1 aromatic rings. The van der Waals surface area contributed by atoms with Crippen LogP contribution in [0.4, 0.5) is 5.69 Å². The zero-order valence-corrected chi connectivity index (χ0v) is 17.3. The van der Waals surface area contributed by atoms with E-state index < -0.39 is 11.9 Å². The van der Waals surface area contributed by atoms with Crippen molar-refractivity contribution in [2.45, 2.75) is 32.8 Å². The quantitative estimate of drug-likeness (QED) is 0.495. The van der Waals surface area contributed by atoms with Crippen LogP contribution in [0.25, 0.3) is 0 Å². The number of nitrogens with zero attached hydrogens (tertiary/aromatic N) is 2. The predicted molar refractivity (Wildman–Crippen MR) is 104 cm³/mol. The summed E-state index contributed by atoms with van der Waals surface area (Å²) in [7, 11) is 0. The molecule has 1 atom stereocenters. The van der Waals surface area contributed by atoms with Crippen LogP contribution in [0, 0.1) is 0 Å². The van der Waals surface area contributed by atoms with E-state index in [0.29, 0.717) is 20.0 Å². The molecule has 2 rings (SSSR count). The van der Waals surface area contributed by atoms with Crippen molar-refractivity contribution in [3.63, 3.8) is 0 Å². The number of nitrogens with one attached hydrogen (secondary N) is 1. The minimum atomic E-state index is -0.833. The molecule has 1 aliphatic rings. The number of halogens is 1. The molecule has 7 nitrogen and oxygen atoms in total. The molecule has 1 aliphatic heterocycles. The Morgan fingerprint density at radius 1 is 1.20 bits per heavy atom. The summed E-state index contributed by atoms with van der Waals surface area (Å²) in [4.78, 5) is 18.0. The number of para-hydroxylation sites is 1. The SMILES string of the molecule is CC(=O)O.CC(=O)O.CCCl.CCNC1[Se]C=NN1c1ccccc1. The van der Waals surface area contributed by atoms with Gasteiger partial charge in [-0.2, -0.15) is 0 Å². The van der Waals surface area contributed by atoms with Crippen LogP contribution in [0.15, 0.2) is 35.4 Å². The first-order valence-electron chi connectivity index (χ1n) is 7.50. The average molecular weight is 439 g/mol. The van der Waals surface area contributed by atoms with Crippen molar-refractivity contribution in [3.8, 4) is 0 Å². The van der Waals surface area contributed by atoms with E-state index in [0.717, 1.165) is 32.0 Å². The second kappa shape index (κ2) is 17.2. The molecule has 0 bridgehead atoms. The van der Waals surface area contributed by atoms with E-state index in [9.17, 15) is 0 Å².